The number of nitrogens with zero attached hydrogens (tertiary/aromatic N) is 3. The summed E-state index contributed by atoms with van der Waals surface area (Å²) in [7, 11) is -6.17. The van der Waals surface area contributed by atoms with Gasteiger partial charge in [0.1, 0.15) is 5.69 Å². The molecular formula is C15H16ClF3N3NaO3S. The van der Waals surface area contributed by atoms with Crippen LogP contribution >= 0.6 is 11.6 Å². The van der Waals surface area contributed by atoms with E-state index in [1.807, 2.05) is 0 Å². The second-order valence-corrected chi connectivity index (χ2v) is 7.93. The third-order valence-electron chi connectivity index (χ3n) is 3.76. The van der Waals surface area contributed by atoms with E-state index < -0.39 is 20.6 Å². The van der Waals surface area contributed by atoms with Gasteiger partial charge in [-0.05, 0) is 18.4 Å². The van der Waals surface area contributed by atoms with Crippen LogP contribution in [0.25, 0.3) is 11.3 Å². The molecule has 1 aromatic carbocycles. The molecule has 0 N–H and O–H groups in total. The minimum Gasteiger partial charge on any atom is -0.744 e. The van der Waals surface area contributed by atoms with E-state index in [2.05, 4.69) is 28.8 Å². The number of unbranched alkanes of at least 4 members (excludes halogenated alkanes) is 2. The van der Waals surface area contributed by atoms with Crippen LogP contribution in [0.15, 0.2) is 30.5 Å². The Hall–Kier alpha value is -0.650. The summed E-state index contributed by atoms with van der Waals surface area (Å²) in [5, 5.41) is 6.48. The fourth-order valence-corrected chi connectivity index (χ4v) is 2.72. The normalized spacial score (nSPS) is 14.4. The van der Waals surface area contributed by atoms with E-state index in [0.717, 1.165) is 31.2 Å². The van der Waals surface area contributed by atoms with E-state index in [4.69, 9.17) is 0 Å². The van der Waals surface area contributed by atoms with Crippen molar-refractivity contribution in [2.45, 2.75) is 43.1 Å². The molecule has 0 fully saturated rings. The molecule has 0 aliphatic rings. The Labute approximate surface area is 182 Å². The fraction of sp³-hybridized carbons (Fsp3) is 0.467. The molecule has 0 saturated heterocycles. The first-order valence-corrected chi connectivity index (χ1v) is 9.52. The van der Waals surface area contributed by atoms with Crippen molar-refractivity contribution < 1.29 is 55.7 Å². The molecule has 27 heavy (non-hydrogen) atoms. The van der Waals surface area contributed by atoms with Gasteiger partial charge >= 0.3 is 40.1 Å². The van der Waals surface area contributed by atoms with E-state index >= 15 is 0 Å². The third kappa shape index (κ3) is 5.24. The van der Waals surface area contributed by atoms with E-state index in [0.29, 0.717) is 11.8 Å². The number of hydrogen-bond donors (Lipinski definition) is 0. The molecule has 1 heterocycles. The number of hydrogen-bond acceptors (Lipinski definition) is 5. The molecule has 12 heteroatoms. The summed E-state index contributed by atoms with van der Waals surface area (Å²) in [6.07, 6.45) is 4.70. The van der Waals surface area contributed by atoms with Gasteiger partial charge in [0.2, 0.25) is 0 Å². The molecule has 144 valence electrons. The molecule has 0 aliphatic carbocycles. The Bertz CT molecular complexity index is 861. The van der Waals surface area contributed by atoms with Crippen LogP contribution in [-0.2, 0) is 22.6 Å². The number of benzene rings is 1. The quantitative estimate of drug-likeness (QED) is 0.264. The van der Waals surface area contributed by atoms with Crippen LogP contribution < -0.4 is 29.6 Å². The van der Waals surface area contributed by atoms with Crippen LogP contribution in [0.3, 0.4) is 0 Å². The van der Waals surface area contributed by atoms with E-state index in [1.165, 1.54) is 0 Å². The summed E-state index contributed by atoms with van der Waals surface area (Å²) in [6.45, 7) is 2.09. The van der Waals surface area contributed by atoms with E-state index in [9.17, 15) is 26.1 Å². The maximum atomic E-state index is 14.0. The van der Waals surface area contributed by atoms with Crippen molar-refractivity contribution in [1.82, 2.24) is 15.0 Å². The average molecular weight is 434 g/mol. The molecule has 0 aliphatic heterocycles. The SMILES string of the molecule is CCCCCc1ccc(-c2cn(C(F)(F)C(F)(Cl)S(=O)(=O)[O-])nn2)cc1.[Na+]. The number of halogens is 4. The summed E-state index contributed by atoms with van der Waals surface area (Å²) in [6, 6.07) is 1.90. The molecule has 1 unspecified atom stereocenters. The molecule has 0 spiro atoms. The maximum Gasteiger partial charge on any atom is 1.00 e. The van der Waals surface area contributed by atoms with Gasteiger partial charge in [0, 0.05) is 5.56 Å². The summed E-state index contributed by atoms with van der Waals surface area (Å²) in [5.74, 6) is 0. The predicted molar refractivity (Wildman–Crippen MR) is 88.3 cm³/mol. The van der Waals surface area contributed by atoms with Crippen molar-refractivity contribution in [3.63, 3.8) is 0 Å². The van der Waals surface area contributed by atoms with Crippen LogP contribution in [0.5, 0.6) is 0 Å². The van der Waals surface area contributed by atoms with Crippen LogP contribution in [0, 0.1) is 0 Å². The second kappa shape index (κ2) is 9.23. The van der Waals surface area contributed by atoms with Crippen molar-refractivity contribution in [2.75, 3.05) is 0 Å². The van der Waals surface area contributed by atoms with Gasteiger partial charge in [0.15, 0.2) is 10.1 Å². The van der Waals surface area contributed by atoms with Crippen molar-refractivity contribution in [1.29, 1.82) is 0 Å². The zero-order valence-corrected chi connectivity index (χ0v) is 18.3. The van der Waals surface area contributed by atoms with Crippen LogP contribution in [-0.4, -0.2) is 32.4 Å². The predicted octanol–water partition coefficient (Wildman–Crippen LogP) is 0.638. The first kappa shape index (κ1) is 24.4. The molecule has 2 aromatic rings. The molecule has 0 amide bonds. The molecule has 2 rings (SSSR count). The number of alkyl halides is 4. The zero-order chi connectivity index (χ0) is 19.6. The van der Waals surface area contributed by atoms with Crippen molar-refractivity contribution in [3.8, 4) is 11.3 Å². The minimum atomic E-state index is -6.17. The molecule has 1 atom stereocenters. The summed E-state index contributed by atoms with van der Waals surface area (Å²) in [4.78, 5) is 0. The minimum absolute atomic E-state index is 0. The third-order valence-corrected chi connectivity index (χ3v) is 5.43. The Morgan fingerprint density at radius 1 is 1.19 bits per heavy atom. The number of rotatable bonds is 8. The summed E-state index contributed by atoms with van der Waals surface area (Å²) >= 11 is 4.67. The van der Waals surface area contributed by atoms with Gasteiger partial charge in [-0.2, -0.15) is 13.5 Å². The van der Waals surface area contributed by atoms with Crippen LogP contribution in [0.2, 0.25) is 0 Å². The van der Waals surface area contributed by atoms with Crippen LogP contribution in [0.1, 0.15) is 31.7 Å². The standard InChI is InChI=1S/C15H17ClF3N3O3S.Na/c1-2-3-4-5-11-6-8-12(9-7-11)13-10-22(21-20-13)15(18,19)14(16,17)26(23,24)25;/h6-10H,2-5H2,1H3,(H,23,24,25);/q;+1/p-1. The smallest absolute Gasteiger partial charge is 0.744 e. The van der Waals surface area contributed by atoms with Gasteiger partial charge in [-0.15, -0.1) is 5.10 Å². The van der Waals surface area contributed by atoms with Crippen molar-refractivity contribution in [2.24, 2.45) is 0 Å². The van der Waals surface area contributed by atoms with E-state index in [-0.39, 0.29) is 39.9 Å². The Morgan fingerprint density at radius 3 is 2.30 bits per heavy atom. The van der Waals surface area contributed by atoms with Gasteiger partial charge in [-0.3, -0.25) is 0 Å². The van der Waals surface area contributed by atoms with Crippen molar-refractivity contribution in [3.05, 3.63) is 36.0 Å². The van der Waals surface area contributed by atoms with E-state index in [1.54, 1.807) is 24.3 Å². The van der Waals surface area contributed by atoms with Gasteiger partial charge in [-0.1, -0.05) is 60.8 Å². The van der Waals surface area contributed by atoms with Gasteiger partial charge in [-0.25, -0.2) is 12.8 Å². The van der Waals surface area contributed by atoms with Crippen LogP contribution in [0.4, 0.5) is 13.2 Å². The Kier molecular flexibility index (Phi) is 8.34. The summed E-state index contributed by atoms with van der Waals surface area (Å²) < 4.78 is 68.4. The zero-order valence-electron chi connectivity index (χ0n) is 14.7. The molecule has 6 nitrogen and oxygen atoms in total. The first-order chi connectivity index (χ1) is 12.0. The number of aromatic nitrogens is 3. The Balaban J connectivity index is 0.00000364. The fourth-order valence-electron chi connectivity index (χ4n) is 2.24. The monoisotopic (exact) mass is 433 g/mol. The summed E-state index contributed by atoms with van der Waals surface area (Å²) in [5.41, 5.74) is 1.41. The molecule has 0 bridgehead atoms. The molecule has 0 saturated carbocycles. The number of aryl methyl sites for hydroxylation is 1. The largest absolute Gasteiger partial charge is 1.00 e. The van der Waals surface area contributed by atoms with Gasteiger partial charge < -0.3 is 4.55 Å². The first-order valence-electron chi connectivity index (χ1n) is 7.74. The second-order valence-electron chi connectivity index (χ2n) is 5.71. The average Bonchev–Trinajstić information content (AvgIpc) is 3.05. The van der Waals surface area contributed by atoms with Gasteiger partial charge in [0.25, 0.3) is 0 Å². The molecule has 1 aromatic heterocycles. The van der Waals surface area contributed by atoms with Crippen molar-refractivity contribution >= 4 is 21.7 Å². The topological polar surface area (TPSA) is 87.9 Å². The van der Waals surface area contributed by atoms with Gasteiger partial charge in [0.05, 0.1) is 6.20 Å². The maximum absolute atomic E-state index is 14.0. The Morgan fingerprint density at radius 2 is 1.78 bits per heavy atom. The molecule has 0 radical (unpaired) electrons. The molecular weight excluding hydrogens is 418 g/mol.